The van der Waals surface area contributed by atoms with Crippen LogP contribution in [0.4, 0.5) is 5.69 Å². The van der Waals surface area contributed by atoms with Crippen LogP contribution in [-0.4, -0.2) is 22.4 Å². The van der Waals surface area contributed by atoms with Crippen LogP contribution in [0.5, 0.6) is 0 Å². The van der Waals surface area contributed by atoms with Gasteiger partial charge in [0.05, 0.1) is 12.2 Å². The number of esters is 1. The van der Waals surface area contributed by atoms with Crippen LogP contribution in [-0.2, 0) is 18.2 Å². The third-order valence-corrected chi connectivity index (χ3v) is 3.03. The van der Waals surface area contributed by atoms with E-state index in [1.54, 1.807) is 23.0 Å². The Morgan fingerprint density at radius 1 is 1.42 bits per heavy atom. The summed E-state index contributed by atoms with van der Waals surface area (Å²) in [6, 6.07) is 7.07. The third-order valence-electron chi connectivity index (χ3n) is 3.03. The Bertz CT molecular complexity index is 590. The van der Waals surface area contributed by atoms with Crippen LogP contribution in [0.25, 0.3) is 0 Å². The van der Waals surface area contributed by atoms with E-state index in [0.29, 0.717) is 24.3 Å². The first kappa shape index (κ1) is 13.1. The van der Waals surface area contributed by atoms with Crippen molar-refractivity contribution in [2.75, 3.05) is 12.3 Å². The van der Waals surface area contributed by atoms with Crippen LogP contribution in [0.3, 0.4) is 0 Å². The lowest BCUT2D eigenvalue weighted by atomic mass is 10.1. The number of carbonyl (C=O) groups is 1. The molecule has 2 rings (SSSR count). The van der Waals surface area contributed by atoms with E-state index in [1.807, 2.05) is 26.1 Å². The van der Waals surface area contributed by atoms with E-state index < -0.39 is 0 Å². The van der Waals surface area contributed by atoms with Crippen molar-refractivity contribution in [1.29, 1.82) is 0 Å². The summed E-state index contributed by atoms with van der Waals surface area (Å²) in [7, 11) is 1.86. The van der Waals surface area contributed by atoms with Crippen molar-refractivity contribution >= 4 is 11.7 Å². The zero-order chi connectivity index (χ0) is 13.8. The second kappa shape index (κ2) is 5.56. The minimum atomic E-state index is -0.353. The molecule has 0 unspecified atom stereocenters. The second-order valence-corrected chi connectivity index (χ2v) is 4.40. The normalized spacial score (nSPS) is 10.4. The number of aryl methyl sites for hydroxylation is 2. The molecule has 19 heavy (non-hydrogen) atoms. The molecule has 0 amide bonds. The molecule has 1 heterocycles. The maximum absolute atomic E-state index is 11.8. The van der Waals surface area contributed by atoms with Crippen molar-refractivity contribution in [3.05, 3.63) is 47.3 Å². The van der Waals surface area contributed by atoms with Gasteiger partial charge in [-0.1, -0.05) is 6.07 Å². The number of ether oxygens (including phenoxy) is 1. The fourth-order valence-electron chi connectivity index (χ4n) is 1.75. The van der Waals surface area contributed by atoms with Crippen LogP contribution in [0.1, 0.15) is 21.6 Å². The molecule has 100 valence electrons. The SMILES string of the molecule is Cc1ccc(C(=O)OCCc2ccnn2C)cc1N. The molecule has 0 saturated heterocycles. The van der Waals surface area contributed by atoms with E-state index in [1.165, 1.54) is 0 Å². The van der Waals surface area contributed by atoms with Gasteiger partial charge in [0.25, 0.3) is 0 Å². The lowest BCUT2D eigenvalue weighted by Gasteiger charge is -2.07. The fraction of sp³-hybridized carbons (Fsp3) is 0.286. The Balaban J connectivity index is 1.91. The number of benzene rings is 1. The summed E-state index contributed by atoms with van der Waals surface area (Å²) in [4.78, 5) is 11.8. The summed E-state index contributed by atoms with van der Waals surface area (Å²) in [6.45, 7) is 2.22. The highest BCUT2D eigenvalue weighted by Crippen LogP contribution is 2.13. The topological polar surface area (TPSA) is 70.1 Å². The number of aromatic nitrogens is 2. The Labute approximate surface area is 112 Å². The average molecular weight is 259 g/mol. The first-order valence-corrected chi connectivity index (χ1v) is 6.08. The zero-order valence-corrected chi connectivity index (χ0v) is 11.1. The summed E-state index contributed by atoms with van der Waals surface area (Å²) in [5, 5.41) is 4.05. The zero-order valence-electron chi connectivity index (χ0n) is 11.1. The van der Waals surface area contributed by atoms with Gasteiger partial charge in [-0.3, -0.25) is 4.68 Å². The number of anilines is 1. The highest BCUT2D eigenvalue weighted by Gasteiger charge is 2.09. The lowest BCUT2D eigenvalue weighted by Crippen LogP contribution is -2.10. The molecule has 0 radical (unpaired) electrons. The molecule has 0 aliphatic heterocycles. The molecule has 0 saturated carbocycles. The molecule has 0 bridgehead atoms. The molecular weight excluding hydrogens is 242 g/mol. The number of hydrogen-bond acceptors (Lipinski definition) is 4. The lowest BCUT2D eigenvalue weighted by molar-refractivity contribution is 0.0507. The molecule has 0 atom stereocenters. The monoisotopic (exact) mass is 259 g/mol. The number of nitrogens with two attached hydrogens (primary N) is 1. The second-order valence-electron chi connectivity index (χ2n) is 4.40. The summed E-state index contributed by atoms with van der Waals surface area (Å²) in [5.41, 5.74) is 8.82. The van der Waals surface area contributed by atoms with Crippen LogP contribution in [0, 0.1) is 6.92 Å². The van der Waals surface area contributed by atoms with Gasteiger partial charge >= 0.3 is 5.97 Å². The molecule has 2 N–H and O–H groups in total. The highest BCUT2D eigenvalue weighted by atomic mass is 16.5. The molecule has 0 fully saturated rings. The molecule has 1 aromatic carbocycles. The van der Waals surface area contributed by atoms with Gasteiger partial charge in [0, 0.05) is 31.0 Å². The number of hydrogen-bond donors (Lipinski definition) is 1. The summed E-state index contributed by atoms with van der Waals surface area (Å²) < 4.78 is 6.98. The Kier molecular flexibility index (Phi) is 3.85. The minimum Gasteiger partial charge on any atom is -0.462 e. The predicted octanol–water partition coefficient (Wildman–Crippen LogP) is 1.71. The molecule has 0 aliphatic rings. The first-order chi connectivity index (χ1) is 9.08. The summed E-state index contributed by atoms with van der Waals surface area (Å²) in [6.07, 6.45) is 2.36. The standard InChI is InChI=1S/C14H17N3O2/c1-10-3-4-11(9-13(10)15)14(18)19-8-6-12-5-7-16-17(12)2/h3-5,7,9H,6,8,15H2,1-2H3. The Morgan fingerprint density at radius 2 is 2.21 bits per heavy atom. The number of nitrogen functional groups attached to an aromatic ring is 1. The fourth-order valence-corrected chi connectivity index (χ4v) is 1.75. The van der Waals surface area contributed by atoms with E-state index >= 15 is 0 Å². The maximum atomic E-state index is 11.8. The smallest absolute Gasteiger partial charge is 0.338 e. The number of rotatable bonds is 4. The van der Waals surface area contributed by atoms with Crippen molar-refractivity contribution in [3.8, 4) is 0 Å². The van der Waals surface area contributed by atoms with Gasteiger partial charge in [0.2, 0.25) is 0 Å². The van der Waals surface area contributed by atoms with Crippen molar-refractivity contribution in [3.63, 3.8) is 0 Å². The molecule has 5 nitrogen and oxygen atoms in total. The van der Waals surface area contributed by atoms with Gasteiger partial charge in [-0.2, -0.15) is 5.10 Å². The largest absolute Gasteiger partial charge is 0.462 e. The quantitative estimate of drug-likeness (QED) is 0.670. The first-order valence-electron chi connectivity index (χ1n) is 6.08. The van der Waals surface area contributed by atoms with E-state index in [0.717, 1.165) is 11.3 Å². The third kappa shape index (κ3) is 3.13. The number of carbonyl (C=O) groups excluding carboxylic acids is 1. The molecular formula is C14H17N3O2. The van der Waals surface area contributed by atoms with E-state index in [-0.39, 0.29) is 5.97 Å². The van der Waals surface area contributed by atoms with Crippen molar-refractivity contribution in [2.24, 2.45) is 7.05 Å². The van der Waals surface area contributed by atoms with Gasteiger partial charge in [-0.25, -0.2) is 4.79 Å². The van der Waals surface area contributed by atoms with Gasteiger partial charge in [-0.15, -0.1) is 0 Å². The number of nitrogens with zero attached hydrogens (tertiary/aromatic N) is 2. The molecule has 2 aromatic rings. The summed E-state index contributed by atoms with van der Waals surface area (Å²) >= 11 is 0. The Hall–Kier alpha value is -2.30. The highest BCUT2D eigenvalue weighted by molar-refractivity contribution is 5.90. The summed E-state index contributed by atoms with van der Waals surface area (Å²) in [5.74, 6) is -0.353. The van der Waals surface area contributed by atoms with Gasteiger partial charge in [-0.05, 0) is 30.7 Å². The van der Waals surface area contributed by atoms with Crippen molar-refractivity contribution in [1.82, 2.24) is 9.78 Å². The van der Waals surface area contributed by atoms with E-state index in [4.69, 9.17) is 10.5 Å². The average Bonchev–Trinajstić information content (AvgIpc) is 2.78. The van der Waals surface area contributed by atoms with Gasteiger partial charge < -0.3 is 10.5 Å². The van der Waals surface area contributed by atoms with Crippen LogP contribution in [0.2, 0.25) is 0 Å². The predicted molar refractivity (Wildman–Crippen MR) is 72.8 cm³/mol. The molecule has 0 spiro atoms. The Morgan fingerprint density at radius 3 is 2.84 bits per heavy atom. The van der Waals surface area contributed by atoms with Crippen molar-refractivity contribution < 1.29 is 9.53 Å². The molecule has 1 aromatic heterocycles. The van der Waals surface area contributed by atoms with Crippen LogP contribution < -0.4 is 5.73 Å². The molecule has 5 heteroatoms. The minimum absolute atomic E-state index is 0.326. The maximum Gasteiger partial charge on any atom is 0.338 e. The van der Waals surface area contributed by atoms with Crippen molar-refractivity contribution in [2.45, 2.75) is 13.3 Å². The van der Waals surface area contributed by atoms with E-state index in [9.17, 15) is 4.79 Å². The van der Waals surface area contributed by atoms with Gasteiger partial charge in [0.15, 0.2) is 0 Å². The molecule has 0 aliphatic carbocycles. The van der Waals surface area contributed by atoms with Crippen LogP contribution >= 0.6 is 0 Å². The van der Waals surface area contributed by atoms with E-state index in [2.05, 4.69) is 5.10 Å². The van der Waals surface area contributed by atoms with Gasteiger partial charge in [0.1, 0.15) is 0 Å². The van der Waals surface area contributed by atoms with Crippen LogP contribution in [0.15, 0.2) is 30.5 Å².